The van der Waals surface area contributed by atoms with E-state index in [0.29, 0.717) is 0 Å². The molecule has 1 atom stereocenters. The monoisotopic (exact) mass is 338 g/mol. The van der Waals surface area contributed by atoms with Crippen molar-refractivity contribution in [3.63, 3.8) is 0 Å². The van der Waals surface area contributed by atoms with Gasteiger partial charge in [0.25, 0.3) is 15.8 Å². The van der Waals surface area contributed by atoms with Crippen LogP contribution in [0.15, 0.2) is 9.59 Å². The fourth-order valence-electron chi connectivity index (χ4n) is 1.31. The number of hydrogen-bond donors (Lipinski definition) is 3. The van der Waals surface area contributed by atoms with Crippen molar-refractivity contribution in [2.75, 3.05) is 11.9 Å². The lowest BCUT2D eigenvalue weighted by Gasteiger charge is -2.02. The lowest BCUT2D eigenvalue weighted by molar-refractivity contribution is 0.331. The van der Waals surface area contributed by atoms with Gasteiger partial charge in [-0.1, -0.05) is 0 Å². The number of aromatic hydroxyl groups is 1. The lowest BCUT2D eigenvalue weighted by Crippen LogP contribution is -2.10. The van der Waals surface area contributed by atoms with E-state index in [2.05, 4.69) is 14.1 Å². The minimum atomic E-state index is -4.01. The Morgan fingerprint density at radius 1 is 1.60 bits per heavy atom. The Hall–Kier alpha value is -1.47. The van der Waals surface area contributed by atoms with E-state index in [0.717, 1.165) is 11.3 Å². The van der Waals surface area contributed by atoms with Gasteiger partial charge in [0.2, 0.25) is 0 Å². The van der Waals surface area contributed by atoms with Crippen LogP contribution < -0.4 is 15.2 Å². The molecule has 12 heteroatoms. The van der Waals surface area contributed by atoms with Crippen LogP contribution in [0, 0.1) is 0 Å². The van der Waals surface area contributed by atoms with Crippen LogP contribution in [0.2, 0.25) is 0 Å². The van der Waals surface area contributed by atoms with Gasteiger partial charge in [0.05, 0.1) is 12.3 Å². The summed E-state index contributed by atoms with van der Waals surface area (Å²) in [6.07, 6.45) is 0. The molecule has 2 aromatic heterocycles. The van der Waals surface area contributed by atoms with Gasteiger partial charge in [0, 0.05) is 14.1 Å². The van der Waals surface area contributed by atoms with Gasteiger partial charge in [-0.05, 0) is 6.92 Å². The van der Waals surface area contributed by atoms with Crippen molar-refractivity contribution in [1.29, 1.82) is 0 Å². The van der Waals surface area contributed by atoms with Crippen molar-refractivity contribution in [1.82, 2.24) is 8.75 Å². The maximum atomic E-state index is 11.2. The van der Waals surface area contributed by atoms with Crippen LogP contribution >= 0.6 is 22.5 Å². The minimum absolute atomic E-state index is 0.0218. The van der Waals surface area contributed by atoms with Crippen molar-refractivity contribution in [2.24, 2.45) is 5.14 Å². The van der Waals surface area contributed by atoms with E-state index >= 15 is 0 Å². The molecule has 20 heavy (non-hydrogen) atoms. The topological polar surface area (TPSA) is 150 Å². The first-order valence-corrected chi connectivity index (χ1v) is 8.64. The molecule has 0 spiro atoms. The van der Waals surface area contributed by atoms with E-state index in [1.54, 1.807) is 6.92 Å². The van der Waals surface area contributed by atoms with Gasteiger partial charge in [-0.25, -0.2) is 13.6 Å². The summed E-state index contributed by atoms with van der Waals surface area (Å²) in [4.78, 5) is 0. The Kier molecular flexibility index (Phi) is 4.10. The fraction of sp³-hybridized carbons (Fsp3) is 0.250. The molecule has 0 saturated carbocycles. The normalized spacial score (nSPS) is 12.4. The Labute approximate surface area is 121 Å². The summed E-state index contributed by atoms with van der Waals surface area (Å²) in [6.45, 7) is 2.00. The number of thiophene rings is 1. The highest BCUT2D eigenvalue weighted by Crippen LogP contribution is 2.39. The second kappa shape index (κ2) is 5.49. The summed E-state index contributed by atoms with van der Waals surface area (Å²) in [7, 11) is -4.01. The molecule has 2 aromatic rings. The fourth-order valence-corrected chi connectivity index (χ4v) is 3.59. The minimum Gasteiger partial charge on any atom is -0.546 e. The van der Waals surface area contributed by atoms with Gasteiger partial charge >= 0.3 is 5.88 Å². The van der Waals surface area contributed by atoms with E-state index in [1.165, 1.54) is 5.38 Å². The summed E-state index contributed by atoms with van der Waals surface area (Å²) < 4.78 is 45.6. The summed E-state index contributed by atoms with van der Waals surface area (Å²) in [5.41, 5.74) is 0.0593. The quantitative estimate of drug-likeness (QED) is 0.676. The first-order chi connectivity index (χ1) is 9.32. The van der Waals surface area contributed by atoms with E-state index < -0.39 is 26.9 Å². The molecule has 1 unspecified atom stereocenters. The number of hydrogen-bond acceptors (Lipinski definition) is 9. The molecule has 0 amide bonds. The molecule has 0 fully saturated rings. The third-order valence-electron chi connectivity index (χ3n) is 2.06. The second-order valence-electron chi connectivity index (χ2n) is 3.46. The SMILES string of the molecule is CCOc1n[s+]([O-])nc1Nc1csc(S(N)(=O)=O)c1O. The Bertz CT molecular complexity index is 723. The number of nitrogens with two attached hydrogens (primary N) is 1. The van der Waals surface area contributed by atoms with Crippen molar-refractivity contribution in [2.45, 2.75) is 11.1 Å². The number of primary sulfonamides is 1. The van der Waals surface area contributed by atoms with Crippen LogP contribution in [0.5, 0.6) is 11.6 Å². The zero-order chi connectivity index (χ0) is 14.9. The summed E-state index contributed by atoms with van der Waals surface area (Å²) in [5, 5.41) is 18.7. The standard InChI is InChI=1S/C8H10N4O5S3/c1-2-17-7-6(11-19(14)12-7)10-4-3-18-8(5(4)13)20(9,15)16/h3,13H,2H2,1H3,(H,10,11)(H2,9,15,16). The molecule has 0 aromatic carbocycles. The Morgan fingerprint density at radius 3 is 2.85 bits per heavy atom. The summed E-state index contributed by atoms with van der Waals surface area (Å²) in [6, 6.07) is 0. The summed E-state index contributed by atoms with van der Waals surface area (Å²) >= 11 is -1.06. The van der Waals surface area contributed by atoms with Crippen LogP contribution in [0.4, 0.5) is 11.5 Å². The van der Waals surface area contributed by atoms with Crippen molar-refractivity contribution in [3.8, 4) is 11.6 Å². The average molecular weight is 338 g/mol. The molecular formula is C8H10N4O5S3. The van der Waals surface area contributed by atoms with Gasteiger partial charge in [0.1, 0.15) is 0 Å². The van der Waals surface area contributed by atoms with Gasteiger partial charge in [-0.2, -0.15) is 0 Å². The van der Waals surface area contributed by atoms with Gasteiger partial charge in [0.15, 0.2) is 21.1 Å². The molecule has 0 radical (unpaired) electrons. The van der Waals surface area contributed by atoms with Crippen molar-refractivity contribution in [3.05, 3.63) is 5.38 Å². The molecule has 2 heterocycles. The lowest BCUT2D eigenvalue weighted by atomic mass is 10.4. The van der Waals surface area contributed by atoms with Crippen molar-refractivity contribution >= 4 is 44.0 Å². The first kappa shape index (κ1) is 14.9. The van der Waals surface area contributed by atoms with Gasteiger partial charge < -0.3 is 19.7 Å². The molecule has 0 aliphatic heterocycles. The number of aromatic nitrogens is 2. The predicted octanol–water partition coefficient (Wildman–Crippen LogP) is 0.761. The highest BCUT2D eigenvalue weighted by molar-refractivity contribution is 7.91. The average Bonchev–Trinajstić information content (AvgIpc) is 2.84. The smallest absolute Gasteiger partial charge is 0.318 e. The van der Waals surface area contributed by atoms with Crippen molar-refractivity contribution < 1.29 is 22.8 Å². The number of nitrogens with one attached hydrogen (secondary N) is 1. The van der Waals surface area contributed by atoms with Crippen LogP contribution in [0.3, 0.4) is 0 Å². The number of sulfonamides is 1. The van der Waals surface area contributed by atoms with Crippen LogP contribution in [0.1, 0.15) is 6.92 Å². The largest absolute Gasteiger partial charge is 0.546 e. The third kappa shape index (κ3) is 2.99. The van der Waals surface area contributed by atoms with E-state index in [9.17, 15) is 18.1 Å². The zero-order valence-electron chi connectivity index (χ0n) is 10.1. The first-order valence-electron chi connectivity index (χ1n) is 5.15. The Balaban J connectivity index is 2.34. The molecular weight excluding hydrogens is 328 g/mol. The maximum Gasteiger partial charge on any atom is 0.318 e. The van der Waals surface area contributed by atoms with Crippen LogP contribution in [0.25, 0.3) is 0 Å². The van der Waals surface area contributed by atoms with E-state index in [1.807, 2.05) is 0 Å². The van der Waals surface area contributed by atoms with Gasteiger partial charge in [-0.15, -0.1) is 11.3 Å². The van der Waals surface area contributed by atoms with Crippen LogP contribution in [-0.4, -0.2) is 33.4 Å². The van der Waals surface area contributed by atoms with Crippen LogP contribution in [-0.2, 0) is 10.0 Å². The Morgan fingerprint density at radius 2 is 2.30 bits per heavy atom. The number of rotatable bonds is 5. The van der Waals surface area contributed by atoms with Gasteiger partial charge in [-0.3, -0.25) is 0 Å². The molecule has 0 bridgehead atoms. The predicted molar refractivity (Wildman–Crippen MR) is 72.5 cm³/mol. The molecule has 9 nitrogen and oxygen atoms in total. The highest BCUT2D eigenvalue weighted by Gasteiger charge is 2.23. The van der Waals surface area contributed by atoms with E-state index in [-0.39, 0.29) is 28.2 Å². The second-order valence-corrected chi connectivity index (χ2v) is 6.92. The molecule has 0 aliphatic rings. The molecule has 110 valence electrons. The van der Waals surface area contributed by atoms with E-state index in [4.69, 9.17) is 9.88 Å². The molecule has 4 N–H and O–H groups in total. The molecule has 0 saturated heterocycles. The number of ether oxygens (including phenoxy) is 1. The highest BCUT2D eigenvalue weighted by atomic mass is 32.2. The third-order valence-corrected chi connectivity index (χ3v) is 5.18. The molecule has 0 aliphatic carbocycles. The zero-order valence-corrected chi connectivity index (χ0v) is 12.5. The number of anilines is 2. The number of nitrogens with zero attached hydrogens (tertiary/aromatic N) is 2. The maximum absolute atomic E-state index is 11.2. The molecule has 2 rings (SSSR count). The summed E-state index contributed by atoms with van der Waals surface area (Å²) in [5.74, 6) is -0.471.